The number of rotatable bonds is 6. The Balaban J connectivity index is 1.99. The predicted molar refractivity (Wildman–Crippen MR) is 139 cm³/mol. The highest BCUT2D eigenvalue weighted by atomic mass is 32.2. The van der Waals surface area contributed by atoms with Gasteiger partial charge in [0, 0.05) is 17.1 Å². The normalized spacial score (nSPS) is 27.5. The molecule has 1 heterocycles. The molecule has 0 aromatic carbocycles. The van der Waals surface area contributed by atoms with Gasteiger partial charge in [-0.3, -0.25) is 9.89 Å². The molecule has 10 nitrogen and oxygen atoms in total. The van der Waals surface area contributed by atoms with Gasteiger partial charge < -0.3 is 19.5 Å². The molecular weight excluding hydrogens is 496 g/mol. The summed E-state index contributed by atoms with van der Waals surface area (Å²) in [4.78, 5) is 44.6. The van der Waals surface area contributed by atoms with Crippen molar-refractivity contribution < 1.29 is 28.6 Å². The fourth-order valence-corrected chi connectivity index (χ4v) is 6.14. The van der Waals surface area contributed by atoms with Gasteiger partial charge in [-0.1, -0.05) is 25.6 Å². The van der Waals surface area contributed by atoms with Crippen molar-refractivity contribution >= 4 is 29.8 Å². The molecule has 2 aliphatic carbocycles. The molecule has 0 saturated heterocycles. The Hall–Kier alpha value is -2.30. The Bertz CT molecular complexity index is 1040. The predicted octanol–water partition coefficient (Wildman–Crippen LogP) is 4.60. The molecule has 1 aromatic rings. The van der Waals surface area contributed by atoms with Gasteiger partial charge >= 0.3 is 18.0 Å². The number of H-pyrrole nitrogens is 1. The van der Waals surface area contributed by atoms with Crippen LogP contribution in [0.3, 0.4) is 0 Å². The van der Waals surface area contributed by atoms with E-state index in [0.717, 1.165) is 5.82 Å². The standard InChI is InChI=1S/C26H42N4O6S/c1-13(2)18-27-21(30-29-18)37-14-12-26(20(32)35-24(6,7)8,28-22(33)36-25(9,10)11)17-15(14)16(17)19(31)34-23(3,4)5/h13-17H,12H2,1-11H3,(H,28,33)(H,27,29,30). The van der Waals surface area contributed by atoms with E-state index >= 15 is 0 Å². The maximum atomic E-state index is 13.8. The first-order chi connectivity index (χ1) is 16.7. The number of amides is 1. The van der Waals surface area contributed by atoms with Crippen molar-refractivity contribution in [3.8, 4) is 0 Å². The summed E-state index contributed by atoms with van der Waals surface area (Å²) in [5, 5.41) is 10.4. The van der Waals surface area contributed by atoms with Crippen LogP contribution in [0.2, 0.25) is 0 Å². The summed E-state index contributed by atoms with van der Waals surface area (Å²) in [5.74, 6) is -1.40. The van der Waals surface area contributed by atoms with E-state index in [1.807, 2.05) is 13.8 Å². The molecule has 5 unspecified atom stereocenters. The van der Waals surface area contributed by atoms with Gasteiger partial charge in [-0.15, -0.1) is 5.10 Å². The zero-order valence-corrected chi connectivity index (χ0v) is 24.7. The summed E-state index contributed by atoms with van der Waals surface area (Å²) < 4.78 is 17.0. The van der Waals surface area contributed by atoms with E-state index in [4.69, 9.17) is 14.2 Å². The molecule has 1 aromatic heterocycles. The average molecular weight is 539 g/mol. The summed E-state index contributed by atoms with van der Waals surface area (Å²) in [6, 6.07) is 0. The monoisotopic (exact) mass is 538 g/mol. The van der Waals surface area contributed by atoms with Crippen LogP contribution in [0.5, 0.6) is 0 Å². The second-order valence-electron chi connectivity index (χ2n) is 13.3. The quantitative estimate of drug-likeness (QED) is 0.394. The summed E-state index contributed by atoms with van der Waals surface area (Å²) in [6.45, 7) is 20.0. The number of carbonyl (C=O) groups excluding carboxylic acids is 3. The molecule has 0 aliphatic heterocycles. The first kappa shape index (κ1) is 29.3. The number of fused-ring (bicyclic) bond motifs is 1. The van der Waals surface area contributed by atoms with Gasteiger partial charge in [0.25, 0.3) is 0 Å². The Kier molecular flexibility index (Phi) is 7.73. The summed E-state index contributed by atoms with van der Waals surface area (Å²) in [7, 11) is 0. The van der Waals surface area contributed by atoms with E-state index in [0.29, 0.717) is 5.16 Å². The van der Waals surface area contributed by atoms with E-state index in [2.05, 4.69) is 20.5 Å². The number of esters is 2. The number of aromatic amines is 1. The van der Waals surface area contributed by atoms with Crippen LogP contribution in [0.25, 0.3) is 0 Å². The average Bonchev–Trinajstić information content (AvgIpc) is 3.11. The number of aromatic nitrogens is 3. The largest absolute Gasteiger partial charge is 0.460 e. The molecule has 1 amide bonds. The molecule has 3 rings (SSSR count). The number of alkyl carbamates (subject to hydrolysis) is 1. The molecule has 0 bridgehead atoms. The third-order valence-corrected chi connectivity index (χ3v) is 7.23. The van der Waals surface area contributed by atoms with E-state index in [1.54, 1.807) is 62.3 Å². The highest BCUT2D eigenvalue weighted by Crippen LogP contribution is 2.66. The zero-order chi connectivity index (χ0) is 28.1. The number of hydrogen-bond acceptors (Lipinski definition) is 9. The highest BCUT2D eigenvalue weighted by molar-refractivity contribution is 7.99. The summed E-state index contributed by atoms with van der Waals surface area (Å²) >= 11 is 1.40. The fourth-order valence-electron chi connectivity index (χ4n) is 4.78. The van der Waals surface area contributed by atoms with Crippen LogP contribution < -0.4 is 5.32 Å². The number of ether oxygens (including phenoxy) is 3. The number of nitrogens with zero attached hydrogens (tertiary/aromatic N) is 2. The van der Waals surface area contributed by atoms with Crippen molar-refractivity contribution in [1.29, 1.82) is 0 Å². The first-order valence-corrected chi connectivity index (χ1v) is 13.7. The summed E-state index contributed by atoms with van der Waals surface area (Å²) in [6.07, 6.45) is -0.496. The van der Waals surface area contributed by atoms with Crippen LogP contribution >= 0.6 is 11.8 Å². The number of hydrogen-bond donors (Lipinski definition) is 2. The molecule has 5 atom stereocenters. The molecule has 2 saturated carbocycles. The second kappa shape index (κ2) is 9.78. The molecule has 0 radical (unpaired) electrons. The molecule has 0 spiro atoms. The lowest BCUT2D eigenvalue weighted by atomic mass is 9.89. The fraction of sp³-hybridized carbons (Fsp3) is 0.808. The van der Waals surface area contributed by atoms with Crippen LogP contribution in [0.1, 0.15) is 94.3 Å². The maximum Gasteiger partial charge on any atom is 0.408 e. The number of carbonyl (C=O) groups is 3. The van der Waals surface area contributed by atoms with Gasteiger partial charge in [0.1, 0.15) is 28.2 Å². The third-order valence-electron chi connectivity index (χ3n) is 6.05. The van der Waals surface area contributed by atoms with Crippen LogP contribution in [0.15, 0.2) is 5.16 Å². The van der Waals surface area contributed by atoms with E-state index in [9.17, 15) is 14.4 Å². The van der Waals surface area contributed by atoms with Crippen LogP contribution in [0.4, 0.5) is 4.79 Å². The lowest BCUT2D eigenvalue weighted by Gasteiger charge is -2.35. The van der Waals surface area contributed by atoms with Crippen LogP contribution in [-0.4, -0.2) is 60.8 Å². The van der Waals surface area contributed by atoms with E-state index in [1.165, 1.54) is 11.8 Å². The second-order valence-corrected chi connectivity index (χ2v) is 14.5. The van der Waals surface area contributed by atoms with Gasteiger partial charge in [-0.05, 0) is 74.7 Å². The molecule has 2 aliphatic rings. The lowest BCUT2D eigenvalue weighted by molar-refractivity contribution is -0.165. The lowest BCUT2D eigenvalue weighted by Crippen LogP contribution is -2.59. The van der Waals surface area contributed by atoms with Gasteiger partial charge in [0.05, 0.1) is 5.92 Å². The molecule has 11 heteroatoms. The Labute approximate surface area is 223 Å². The highest BCUT2D eigenvalue weighted by Gasteiger charge is 2.77. The van der Waals surface area contributed by atoms with Crippen molar-refractivity contribution in [2.45, 2.75) is 121 Å². The minimum atomic E-state index is -1.46. The molecule has 2 N–H and O–H groups in total. The Morgan fingerprint density at radius 3 is 2.03 bits per heavy atom. The van der Waals surface area contributed by atoms with Crippen molar-refractivity contribution in [3.63, 3.8) is 0 Å². The summed E-state index contributed by atoms with van der Waals surface area (Å²) in [5.41, 5.74) is -3.73. The SMILES string of the molecule is CC(C)c1nc(SC2CC(NC(=O)OC(C)(C)C)(C(=O)OC(C)(C)C)C3C(C(=O)OC(C)(C)C)C23)n[nH]1. The number of nitrogens with one attached hydrogen (secondary N) is 2. The topological polar surface area (TPSA) is 132 Å². The smallest absolute Gasteiger partial charge is 0.408 e. The van der Waals surface area contributed by atoms with Crippen molar-refractivity contribution in [3.05, 3.63) is 5.82 Å². The zero-order valence-electron chi connectivity index (χ0n) is 23.8. The van der Waals surface area contributed by atoms with Gasteiger partial charge in [0.2, 0.25) is 5.16 Å². The number of thioether (sulfide) groups is 1. The van der Waals surface area contributed by atoms with Gasteiger partial charge in [-0.2, -0.15) is 0 Å². The van der Waals surface area contributed by atoms with Crippen LogP contribution in [-0.2, 0) is 23.8 Å². The minimum absolute atomic E-state index is 0.170. The van der Waals surface area contributed by atoms with Gasteiger partial charge in [0.15, 0.2) is 0 Å². The molecule has 2 fully saturated rings. The Morgan fingerprint density at radius 2 is 1.54 bits per heavy atom. The van der Waals surface area contributed by atoms with Crippen molar-refractivity contribution in [1.82, 2.24) is 20.5 Å². The van der Waals surface area contributed by atoms with E-state index < -0.39 is 52.2 Å². The van der Waals surface area contributed by atoms with E-state index in [-0.39, 0.29) is 23.5 Å². The minimum Gasteiger partial charge on any atom is -0.460 e. The van der Waals surface area contributed by atoms with Gasteiger partial charge in [-0.25, -0.2) is 14.6 Å². The molecular formula is C26H42N4O6S. The van der Waals surface area contributed by atoms with Crippen LogP contribution in [0, 0.1) is 17.8 Å². The Morgan fingerprint density at radius 1 is 0.973 bits per heavy atom. The maximum absolute atomic E-state index is 13.8. The van der Waals surface area contributed by atoms with Crippen molar-refractivity contribution in [2.24, 2.45) is 17.8 Å². The van der Waals surface area contributed by atoms with Crippen molar-refractivity contribution in [2.75, 3.05) is 0 Å². The molecule has 208 valence electrons. The third kappa shape index (κ3) is 6.97. The molecule has 37 heavy (non-hydrogen) atoms. The first-order valence-electron chi connectivity index (χ1n) is 12.8.